The molecule has 0 aliphatic carbocycles. The summed E-state index contributed by atoms with van der Waals surface area (Å²) in [5, 5.41) is 3.42. The molecule has 2 heterocycles. The van der Waals surface area contributed by atoms with Crippen molar-refractivity contribution in [3.8, 4) is 0 Å². The maximum absolute atomic E-state index is 11.2. The highest BCUT2D eigenvalue weighted by molar-refractivity contribution is 5.92. The molecule has 132 valence electrons. The smallest absolute Gasteiger partial charge is 0.248 e. The predicted octanol–water partition coefficient (Wildman–Crippen LogP) is 2.94. The Morgan fingerprint density at radius 3 is 2.31 bits per heavy atom. The fraction of sp³-hybridized carbons (Fsp3) is 0.250. The van der Waals surface area contributed by atoms with E-state index in [1.54, 1.807) is 12.1 Å². The van der Waals surface area contributed by atoms with E-state index < -0.39 is 5.91 Å². The van der Waals surface area contributed by atoms with Crippen LogP contribution in [0.5, 0.6) is 0 Å². The molecule has 3 N–H and O–H groups in total. The van der Waals surface area contributed by atoms with Crippen LogP contribution in [0.3, 0.4) is 0 Å². The van der Waals surface area contributed by atoms with Crippen LogP contribution in [0.4, 0.5) is 11.6 Å². The summed E-state index contributed by atoms with van der Waals surface area (Å²) < 4.78 is 0. The Morgan fingerprint density at radius 2 is 1.65 bits per heavy atom. The number of primary amides is 1. The molecule has 0 spiro atoms. The molecule has 0 saturated carbocycles. The van der Waals surface area contributed by atoms with E-state index in [1.165, 1.54) is 12.8 Å². The van der Waals surface area contributed by atoms with Gasteiger partial charge in [0.25, 0.3) is 0 Å². The Balaban J connectivity index is 1.61. The highest BCUT2D eigenvalue weighted by Gasteiger charge is 2.19. The van der Waals surface area contributed by atoms with Gasteiger partial charge in [-0.3, -0.25) is 4.79 Å². The molecule has 0 radical (unpaired) electrons. The zero-order valence-corrected chi connectivity index (χ0v) is 14.5. The molecular weight excluding hydrogens is 326 g/mol. The summed E-state index contributed by atoms with van der Waals surface area (Å²) in [7, 11) is 0. The molecule has 1 aromatic heterocycles. The van der Waals surface area contributed by atoms with E-state index in [0.717, 1.165) is 41.3 Å². The first kappa shape index (κ1) is 16.3. The summed E-state index contributed by atoms with van der Waals surface area (Å²) in [5.74, 6) is 1.29. The third kappa shape index (κ3) is 3.31. The number of hydrogen-bond donors (Lipinski definition) is 2. The van der Waals surface area contributed by atoms with Crippen LogP contribution in [0.2, 0.25) is 0 Å². The number of aromatic nitrogens is 2. The molecule has 1 amide bonds. The first-order chi connectivity index (χ1) is 12.7. The average Bonchev–Trinajstić information content (AvgIpc) is 3.20. The summed E-state index contributed by atoms with van der Waals surface area (Å²) in [6.45, 7) is 2.62. The third-order valence-electron chi connectivity index (χ3n) is 4.66. The minimum Gasteiger partial charge on any atom is -0.366 e. The highest BCUT2D eigenvalue weighted by Crippen LogP contribution is 2.28. The average molecular weight is 347 g/mol. The van der Waals surface area contributed by atoms with E-state index in [4.69, 9.17) is 15.7 Å². The lowest BCUT2D eigenvalue weighted by atomic mass is 10.1. The van der Waals surface area contributed by atoms with Gasteiger partial charge in [0, 0.05) is 25.2 Å². The van der Waals surface area contributed by atoms with Crippen LogP contribution in [-0.2, 0) is 6.54 Å². The van der Waals surface area contributed by atoms with E-state index in [9.17, 15) is 4.79 Å². The van der Waals surface area contributed by atoms with Crippen molar-refractivity contribution in [2.24, 2.45) is 5.73 Å². The molecular formula is C20H21N5O. The fourth-order valence-electron chi connectivity index (χ4n) is 3.23. The summed E-state index contributed by atoms with van der Waals surface area (Å²) in [6, 6.07) is 15.2. The minimum absolute atomic E-state index is 0.416. The number of hydrogen-bond acceptors (Lipinski definition) is 5. The van der Waals surface area contributed by atoms with E-state index in [-0.39, 0.29) is 0 Å². The van der Waals surface area contributed by atoms with Crippen LogP contribution in [0, 0.1) is 0 Å². The number of carbonyl (C=O) groups is 1. The summed E-state index contributed by atoms with van der Waals surface area (Å²) in [4.78, 5) is 23.1. The van der Waals surface area contributed by atoms with Gasteiger partial charge in [-0.15, -0.1) is 0 Å². The third-order valence-corrected chi connectivity index (χ3v) is 4.66. The zero-order valence-electron chi connectivity index (χ0n) is 14.5. The normalized spacial score (nSPS) is 13.9. The number of nitrogens with one attached hydrogen (secondary N) is 1. The molecule has 0 unspecified atom stereocenters. The summed E-state index contributed by atoms with van der Waals surface area (Å²) in [5.41, 5.74) is 8.64. The van der Waals surface area contributed by atoms with Gasteiger partial charge in [-0.25, -0.2) is 9.97 Å². The number of para-hydroxylation sites is 2. The lowest BCUT2D eigenvalue weighted by molar-refractivity contribution is 0.100. The number of amides is 1. The number of nitrogens with zero attached hydrogens (tertiary/aromatic N) is 3. The molecule has 2 aromatic carbocycles. The van der Waals surface area contributed by atoms with Crippen LogP contribution >= 0.6 is 0 Å². The maximum atomic E-state index is 11.2. The van der Waals surface area contributed by atoms with E-state index >= 15 is 0 Å². The molecule has 4 rings (SSSR count). The van der Waals surface area contributed by atoms with Crippen molar-refractivity contribution in [3.63, 3.8) is 0 Å². The van der Waals surface area contributed by atoms with Crippen molar-refractivity contribution in [1.29, 1.82) is 0 Å². The molecule has 26 heavy (non-hydrogen) atoms. The van der Waals surface area contributed by atoms with Crippen molar-refractivity contribution >= 4 is 28.6 Å². The van der Waals surface area contributed by atoms with Gasteiger partial charge in [0.05, 0.1) is 11.0 Å². The first-order valence-corrected chi connectivity index (χ1v) is 8.85. The Kier molecular flexibility index (Phi) is 4.39. The molecule has 1 aliphatic heterocycles. The number of fused-ring (bicyclic) bond motifs is 1. The lowest BCUT2D eigenvalue weighted by Gasteiger charge is -2.20. The Morgan fingerprint density at radius 1 is 1.00 bits per heavy atom. The van der Waals surface area contributed by atoms with E-state index in [0.29, 0.717) is 12.1 Å². The van der Waals surface area contributed by atoms with Gasteiger partial charge in [-0.05, 0) is 42.7 Å². The molecule has 6 heteroatoms. The monoisotopic (exact) mass is 347 g/mol. The zero-order chi connectivity index (χ0) is 17.9. The van der Waals surface area contributed by atoms with Crippen LogP contribution < -0.4 is 16.0 Å². The molecule has 1 saturated heterocycles. The van der Waals surface area contributed by atoms with Gasteiger partial charge in [0.1, 0.15) is 0 Å². The van der Waals surface area contributed by atoms with Crippen molar-refractivity contribution < 1.29 is 4.79 Å². The van der Waals surface area contributed by atoms with Crippen molar-refractivity contribution in [2.75, 3.05) is 23.3 Å². The van der Waals surface area contributed by atoms with Gasteiger partial charge < -0.3 is 16.0 Å². The van der Waals surface area contributed by atoms with Crippen LogP contribution in [-0.4, -0.2) is 29.0 Å². The number of nitrogens with two attached hydrogens (primary N) is 1. The van der Waals surface area contributed by atoms with Gasteiger partial charge in [0.15, 0.2) is 11.6 Å². The number of carbonyl (C=O) groups excluding carboxylic acids is 1. The van der Waals surface area contributed by atoms with Crippen LogP contribution in [0.25, 0.3) is 11.0 Å². The number of rotatable bonds is 5. The van der Waals surface area contributed by atoms with Gasteiger partial charge in [-0.2, -0.15) is 0 Å². The predicted molar refractivity (Wildman–Crippen MR) is 103 cm³/mol. The van der Waals surface area contributed by atoms with Crippen molar-refractivity contribution in [2.45, 2.75) is 19.4 Å². The maximum Gasteiger partial charge on any atom is 0.248 e. The molecule has 6 nitrogen and oxygen atoms in total. The van der Waals surface area contributed by atoms with Crippen molar-refractivity contribution in [1.82, 2.24) is 9.97 Å². The Hall–Kier alpha value is -3.15. The number of benzene rings is 2. The Bertz CT molecular complexity index is 933. The van der Waals surface area contributed by atoms with Gasteiger partial charge in [0.2, 0.25) is 5.91 Å². The van der Waals surface area contributed by atoms with E-state index in [1.807, 2.05) is 36.4 Å². The SMILES string of the molecule is NC(=O)c1ccc(CNc2nc3ccccc3nc2N2CCCC2)cc1. The highest BCUT2D eigenvalue weighted by atomic mass is 16.1. The first-order valence-electron chi connectivity index (χ1n) is 8.85. The standard InChI is InChI=1S/C20H21N5O/c21-18(26)15-9-7-14(8-10-15)13-22-19-20(25-11-3-4-12-25)24-17-6-2-1-5-16(17)23-19/h1-2,5-10H,3-4,11-13H2,(H2,21,26)(H,22,23). The second kappa shape index (κ2) is 7.00. The quantitative estimate of drug-likeness (QED) is 0.741. The second-order valence-corrected chi connectivity index (χ2v) is 6.49. The number of anilines is 2. The van der Waals surface area contributed by atoms with Gasteiger partial charge >= 0.3 is 0 Å². The fourth-order valence-corrected chi connectivity index (χ4v) is 3.23. The largest absolute Gasteiger partial charge is 0.366 e. The molecule has 1 fully saturated rings. The second-order valence-electron chi connectivity index (χ2n) is 6.49. The molecule has 3 aromatic rings. The lowest BCUT2D eigenvalue weighted by Crippen LogP contribution is -2.21. The molecule has 0 atom stereocenters. The summed E-state index contributed by atoms with van der Waals surface area (Å²) >= 11 is 0. The van der Waals surface area contributed by atoms with Crippen LogP contribution in [0.15, 0.2) is 48.5 Å². The van der Waals surface area contributed by atoms with Crippen molar-refractivity contribution in [3.05, 3.63) is 59.7 Å². The topological polar surface area (TPSA) is 84.1 Å². The molecule has 1 aliphatic rings. The minimum atomic E-state index is -0.416. The molecule has 0 bridgehead atoms. The Labute approximate surface area is 152 Å². The van der Waals surface area contributed by atoms with E-state index in [2.05, 4.69) is 10.2 Å². The van der Waals surface area contributed by atoms with Crippen LogP contribution in [0.1, 0.15) is 28.8 Å². The van der Waals surface area contributed by atoms with Gasteiger partial charge in [-0.1, -0.05) is 24.3 Å². The summed E-state index contributed by atoms with van der Waals surface area (Å²) in [6.07, 6.45) is 2.37.